The van der Waals surface area contributed by atoms with E-state index < -0.39 is 7.25 Å². The second-order valence-electron chi connectivity index (χ2n) is 2.39. The summed E-state index contributed by atoms with van der Waals surface area (Å²) in [5.74, 6) is 0. The Bertz CT molecular complexity index is 272. The molecule has 0 atom stereocenters. The van der Waals surface area contributed by atoms with Crippen LogP contribution in [0.25, 0.3) is 5.70 Å². The number of allylic oxidation sites excluding steroid dienone is 2. The van der Waals surface area contributed by atoms with Crippen molar-refractivity contribution in [1.82, 2.24) is 9.55 Å². The van der Waals surface area contributed by atoms with Crippen molar-refractivity contribution in [1.29, 1.82) is 0 Å². The second-order valence-corrected chi connectivity index (χ2v) is 2.39. The minimum Gasteiger partial charge on any atom is -0.418 e. The lowest BCUT2D eigenvalue weighted by Gasteiger charge is -1.96. The molecule has 80 valence electrons. The van der Waals surface area contributed by atoms with Crippen LogP contribution in [0.3, 0.4) is 0 Å². The standard InChI is InChI=1S/C7H10N2.BF4/c1-3-7(2)9-5-4-8-6-9;2-1(3,4)5/h3-6H,1-2H3;/q;-1. The number of hydrogen-bond acceptors (Lipinski definition) is 1. The molecule has 1 heterocycles. The number of rotatable bonds is 1. The first-order chi connectivity index (χ1) is 6.34. The van der Waals surface area contributed by atoms with Gasteiger partial charge >= 0.3 is 7.25 Å². The molecule has 0 saturated carbocycles. The van der Waals surface area contributed by atoms with Crippen molar-refractivity contribution >= 4 is 13.0 Å². The van der Waals surface area contributed by atoms with Gasteiger partial charge in [-0.3, -0.25) is 0 Å². The van der Waals surface area contributed by atoms with Gasteiger partial charge in [0.25, 0.3) is 0 Å². The predicted molar refractivity (Wildman–Crippen MR) is 48.0 cm³/mol. The van der Waals surface area contributed by atoms with Crippen molar-refractivity contribution in [2.45, 2.75) is 13.8 Å². The van der Waals surface area contributed by atoms with E-state index in [0.717, 1.165) is 0 Å². The van der Waals surface area contributed by atoms with Gasteiger partial charge in [-0.05, 0) is 13.8 Å². The second kappa shape index (κ2) is 5.46. The molecule has 1 aromatic rings. The zero-order chi connectivity index (χ0) is 11.2. The normalized spacial score (nSPS) is 12.0. The summed E-state index contributed by atoms with van der Waals surface area (Å²) in [6.45, 7) is 4.05. The molecule has 0 amide bonds. The molecule has 7 heteroatoms. The van der Waals surface area contributed by atoms with Gasteiger partial charge < -0.3 is 21.8 Å². The van der Waals surface area contributed by atoms with Gasteiger partial charge in [-0.25, -0.2) is 4.98 Å². The highest BCUT2D eigenvalue weighted by atomic mass is 19.5. The lowest BCUT2D eigenvalue weighted by atomic mass is 10.3. The Morgan fingerprint density at radius 1 is 1.36 bits per heavy atom. The molecule has 14 heavy (non-hydrogen) atoms. The summed E-state index contributed by atoms with van der Waals surface area (Å²) in [6.07, 6.45) is 7.53. The first kappa shape index (κ1) is 12.7. The number of halogens is 4. The van der Waals surface area contributed by atoms with E-state index >= 15 is 0 Å². The first-order valence-corrected chi connectivity index (χ1v) is 3.83. The molecule has 2 nitrogen and oxygen atoms in total. The zero-order valence-electron chi connectivity index (χ0n) is 7.79. The Balaban J connectivity index is 0.000000292. The monoisotopic (exact) mass is 209 g/mol. The minimum absolute atomic E-state index is 1.20. The van der Waals surface area contributed by atoms with Crippen molar-refractivity contribution in [3.05, 3.63) is 24.8 Å². The molecule has 0 spiro atoms. The largest absolute Gasteiger partial charge is 0.673 e. The fourth-order valence-corrected chi connectivity index (χ4v) is 0.617. The SMILES string of the molecule is CC=C(C)n1ccnc1.F[B-](F)(F)F. The fraction of sp³-hybridized carbons (Fsp3) is 0.286. The summed E-state index contributed by atoms with van der Waals surface area (Å²) in [7, 11) is -6.00. The smallest absolute Gasteiger partial charge is 0.418 e. The maximum Gasteiger partial charge on any atom is 0.673 e. The molecule has 0 aliphatic rings. The van der Waals surface area contributed by atoms with Crippen LogP contribution in [0, 0.1) is 0 Å². The quantitative estimate of drug-likeness (QED) is 0.513. The highest BCUT2D eigenvalue weighted by Gasteiger charge is 2.20. The molecular formula is C7H10BF4N2-. The first-order valence-electron chi connectivity index (χ1n) is 3.83. The Morgan fingerprint density at radius 3 is 2.14 bits per heavy atom. The fourth-order valence-electron chi connectivity index (χ4n) is 0.617. The topological polar surface area (TPSA) is 17.8 Å². The number of nitrogens with zero attached hydrogens (tertiary/aromatic N) is 2. The summed E-state index contributed by atoms with van der Waals surface area (Å²) in [5, 5.41) is 0. The maximum absolute atomic E-state index is 9.75. The van der Waals surface area contributed by atoms with Crippen LogP contribution in [0.2, 0.25) is 0 Å². The zero-order valence-corrected chi connectivity index (χ0v) is 7.79. The van der Waals surface area contributed by atoms with Gasteiger partial charge in [0.05, 0.1) is 6.33 Å². The molecule has 0 unspecified atom stereocenters. The van der Waals surface area contributed by atoms with E-state index in [0.29, 0.717) is 0 Å². The Morgan fingerprint density at radius 2 is 1.86 bits per heavy atom. The summed E-state index contributed by atoms with van der Waals surface area (Å²) in [5.41, 5.74) is 1.20. The molecule has 0 radical (unpaired) electrons. The van der Waals surface area contributed by atoms with E-state index in [1.807, 2.05) is 30.7 Å². The Labute approximate surface area is 79.4 Å². The van der Waals surface area contributed by atoms with E-state index in [9.17, 15) is 17.3 Å². The molecule has 0 aliphatic carbocycles. The van der Waals surface area contributed by atoms with Gasteiger partial charge in [0.1, 0.15) is 0 Å². The van der Waals surface area contributed by atoms with Crippen molar-refractivity contribution in [2.75, 3.05) is 0 Å². The molecule has 0 aromatic carbocycles. The molecule has 0 fully saturated rings. The van der Waals surface area contributed by atoms with Gasteiger partial charge in [-0.15, -0.1) is 0 Å². The van der Waals surface area contributed by atoms with Gasteiger partial charge in [0, 0.05) is 18.1 Å². The van der Waals surface area contributed by atoms with E-state index in [2.05, 4.69) is 4.98 Å². The average Bonchev–Trinajstić information content (AvgIpc) is 2.51. The van der Waals surface area contributed by atoms with Crippen LogP contribution in [-0.2, 0) is 0 Å². The summed E-state index contributed by atoms with van der Waals surface area (Å²) in [4.78, 5) is 3.91. The maximum atomic E-state index is 9.75. The summed E-state index contributed by atoms with van der Waals surface area (Å²) >= 11 is 0. The predicted octanol–water partition coefficient (Wildman–Crippen LogP) is 3.06. The minimum atomic E-state index is -6.00. The van der Waals surface area contributed by atoms with Gasteiger partial charge in [-0.2, -0.15) is 0 Å². The van der Waals surface area contributed by atoms with Crippen LogP contribution in [0.4, 0.5) is 17.3 Å². The van der Waals surface area contributed by atoms with Crippen LogP contribution in [0.15, 0.2) is 24.8 Å². The average molecular weight is 209 g/mol. The Kier molecular flexibility index (Phi) is 4.97. The van der Waals surface area contributed by atoms with Crippen LogP contribution < -0.4 is 0 Å². The highest BCUT2D eigenvalue weighted by molar-refractivity contribution is 6.50. The van der Waals surface area contributed by atoms with Crippen molar-refractivity contribution in [3.63, 3.8) is 0 Å². The molecular weight excluding hydrogens is 199 g/mol. The van der Waals surface area contributed by atoms with Crippen molar-refractivity contribution in [2.24, 2.45) is 0 Å². The molecule has 0 saturated heterocycles. The molecule has 0 N–H and O–H groups in total. The van der Waals surface area contributed by atoms with E-state index in [4.69, 9.17) is 0 Å². The van der Waals surface area contributed by atoms with Crippen LogP contribution in [0.1, 0.15) is 13.8 Å². The third-order valence-corrected chi connectivity index (χ3v) is 1.33. The lowest BCUT2D eigenvalue weighted by molar-refractivity contribution is 0.368. The van der Waals surface area contributed by atoms with Gasteiger partial charge in [-0.1, -0.05) is 6.08 Å². The molecule has 1 aromatic heterocycles. The summed E-state index contributed by atoms with van der Waals surface area (Å²) in [6, 6.07) is 0. The number of aromatic nitrogens is 2. The van der Waals surface area contributed by atoms with Gasteiger partial charge in [0.15, 0.2) is 0 Å². The lowest BCUT2D eigenvalue weighted by Crippen LogP contribution is -2.02. The van der Waals surface area contributed by atoms with Crippen LogP contribution in [0.5, 0.6) is 0 Å². The van der Waals surface area contributed by atoms with Crippen LogP contribution >= 0.6 is 0 Å². The highest BCUT2D eigenvalue weighted by Crippen LogP contribution is 2.06. The van der Waals surface area contributed by atoms with Crippen molar-refractivity contribution < 1.29 is 17.3 Å². The van der Waals surface area contributed by atoms with E-state index in [1.54, 1.807) is 12.5 Å². The van der Waals surface area contributed by atoms with Crippen LogP contribution in [-0.4, -0.2) is 16.8 Å². The number of imidazole rings is 1. The summed E-state index contributed by atoms with van der Waals surface area (Å²) < 4.78 is 41.0. The molecule has 0 bridgehead atoms. The molecule has 0 aliphatic heterocycles. The van der Waals surface area contributed by atoms with E-state index in [-0.39, 0.29) is 0 Å². The van der Waals surface area contributed by atoms with E-state index in [1.165, 1.54) is 5.70 Å². The third-order valence-electron chi connectivity index (χ3n) is 1.33. The molecule has 1 rings (SSSR count). The van der Waals surface area contributed by atoms with Gasteiger partial charge in [0.2, 0.25) is 0 Å². The number of hydrogen-bond donors (Lipinski definition) is 0. The Hall–Kier alpha value is -1.27. The third kappa shape index (κ3) is 7.39. The van der Waals surface area contributed by atoms with Crippen molar-refractivity contribution in [3.8, 4) is 0 Å².